The molecule has 1 aliphatic carbocycles. The van der Waals surface area contributed by atoms with Gasteiger partial charge in [-0.05, 0) is 44.9 Å². The Bertz CT molecular complexity index is 1220. The lowest BCUT2D eigenvalue weighted by Gasteiger charge is -2.44. The molecule has 2 amide bonds. The zero-order chi connectivity index (χ0) is 30.2. The van der Waals surface area contributed by atoms with Gasteiger partial charge in [0, 0.05) is 33.0 Å². The number of hydrogen-bond donors (Lipinski definition) is 2. The predicted molar refractivity (Wildman–Crippen MR) is 154 cm³/mol. The standard InChI is InChI=1S/C30H39ClN2O8/c1-6-39-24-15-22(26(31)27(40-7-2)25(24)19(3)34)18-33(13-14-41-20(4)21-11-9-8-10-12-21)29(37)32-30(28(35)36)16-23(17-30)38-5/h8-12,15,20,23H,6-7,13-14,16-18H2,1-5H3,(H,32,37)(H,35,36)/t20-,23?,30?/m0/s1. The summed E-state index contributed by atoms with van der Waals surface area (Å²) in [6, 6.07) is 10.7. The van der Waals surface area contributed by atoms with Crippen LogP contribution in [0.25, 0.3) is 0 Å². The fourth-order valence-electron chi connectivity index (χ4n) is 4.77. The third-order valence-electron chi connectivity index (χ3n) is 7.09. The summed E-state index contributed by atoms with van der Waals surface area (Å²) in [6.45, 7) is 7.72. The number of ketones is 1. The molecule has 1 aliphatic rings. The summed E-state index contributed by atoms with van der Waals surface area (Å²) in [6.07, 6.45) is -0.187. The van der Waals surface area contributed by atoms with E-state index in [9.17, 15) is 19.5 Å². The van der Waals surface area contributed by atoms with Crippen molar-refractivity contribution >= 4 is 29.4 Å². The molecule has 1 saturated carbocycles. The molecule has 224 valence electrons. The van der Waals surface area contributed by atoms with Crippen molar-refractivity contribution in [3.63, 3.8) is 0 Å². The number of benzene rings is 2. The average Bonchev–Trinajstić information content (AvgIpc) is 2.92. The first kappa shape index (κ1) is 32.2. The summed E-state index contributed by atoms with van der Waals surface area (Å²) in [5.41, 5.74) is 0.244. The summed E-state index contributed by atoms with van der Waals surface area (Å²) >= 11 is 6.75. The van der Waals surface area contributed by atoms with Crippen molar-refractivity contribution in [3.8, 4) is 11.5 Å². The Morgan fingerprint density at radius 3 is 2.37 bits per heavy atom. The molecule has 1 atom stereocenters. The van der Waals surface area contributed by atoms with Crippen LogP contribution in [0.5, 0.6) is 11.5 Å². The van der Waals surface area contributed by atoms with Crippen LogP contribution in [0.3, 0.4) is 0 Å². The van der Waals surface area contributed by atoms with E-state index in [4.69, 9.17) is 30.5 Å². The fraction of sp³-hybridized carbons (Fsp3) is 0.500. The average molecular weight is 591 g/mol. The minimum atomic E-state index is -1.44. The molecule has 10 nitrogen and oxygen atoms in total. The maximum atomic E-state index is 13.6. The van der Waals surface area contributed by atoms with Crippen molar-refractivity contribution in [2.45, 2.75) is 64.8 Å². The van der Waals surface area contributed by atoms with E-state index in [0.717, 1.165) is 5.56 Å². The highest BCUT2D eigenvalue weighted by molar-refractivity contribution is 6.33. The van der Waals surface area contributed by atoms with Gasteiger partial charge >= 0.3 is 12.0 Å². The van der Waals surface area contributed by atoms with Crippen LogP contribution in [0.1, 0.15) is 68.1 Å². The molecule has 0 heterocycles. The lowest BCUT2D eigenvalue weighted by Crippen LogP contribution is -2.66. The fourth-order valence-corrected chi connectivity index (χ4v) is 5.04. The van der Waals surface area contributed by atoms with Crippen LogP contribution in [-0.4, -0.2) is 72.9 Å². The number of aliphatic carboxylic acids is 1. The molecule has 0 spiro atoms. The number of hydrogen-bond acceptors (Lipinski definition) is 7. The maximum absolute atomic E-state index is 13.6. The summed E-state index contributed by atoms with van der Waals surface area (Å²) in [7, 11) is 1.51. The van der Waals surface area contributed by atoms with E-state index in [0.29, 0.717) is 17.9 Å². The number of Topliss-reactive ketones (excluding diaryl/α,β-unsaturated/α-hetero) is 1. The van der Waals surface area contributed by atoms with Crippen LogP contribution in [0.4, 0.5) is 4.79 Å². The van der Waals surface area contributed by atoms with Gasteiger partial charge in [-0.25, -0.2) is 9.59 Å². The minimum Gasteiger partial charge on any atom is -0.493 e. The van der Waals surface area contributed by atoms with Gasteiger partial charge in [-0.1, -0.05) is 41.9 Å². The number of ether oxygens (including phenoxy) is 4. The van der Waals surface area contributed by atoms with Crippen LogP contribution in [0, 0.1) is 0 Å². The highest BCUT2D eigenvalue weighted by Gasteiger charge is 2.52. The van der Waals surface area contributed by atoms with Gasteiger partial charge in [0.15, 0.2) is 11.5 Å². The van der Waals surface area contributed by atoms with Gasteiger partial charge in [0.2, 0.25) is 0 Å². The number of carboxylic acids is 1. The first-order valence-electron chi connectivity index (χ1n) is 13.7. The van der Waals surface area contributed by atoms with E-state index in [1.807, 2.05) is 37.3 Å². The minimum absolute atomic E-state index is 0.0184. The van der Waals surface area contributed by atoms with Crippen molar-refractivity contribution < 1.29 is 38.4 Å². The first-order valence-corrected chi connectivity index (χ1v) is 14.1. The first-order chi connectivity index (χ1) is 19.6. The molecule has 2 aromatic rings. The number of carbonyl (C=O) groups is 3. The van der Waals surface area contributed by atoms with Gasteiger partial charge in [-0.15, -0.1) is 0 Å². The third kappa shape index (κ3) is 7.69. The van der Waals surface area contributed by atoms with Gasteiger partial charge in [0.25, 0.3) is 0 Å². The Morgan fingerprint density at radius 2 is 1.80 bits per heavy atom. The molecule has 2 N–H and O–H groups in total. The van der Waals surface area contributed by atoms with E-state index < -0.39 is 17.5 Å². The third-order valence-corrected chi connectivity index (χ3v) is 7.50. The van der Waals surface area contributed by atoms with Gasteiger partial charge < -0.3 is 34.3 Å². The predicted octanol–water partition coefficient (Wildman–Crippen LogP) is 5.26. The molecule has 2 aromatic carbocycles. The number of amides is 2. The molecule has 3 rings (SSSR count). The monoisotopic (exact) mass is 590 g/mol. The largest absolute Gasteiger partial charge is 0.493 e. The molecule has 11 heteroatoms. The number of nitrogens with zero attached hydrogens (tertiary/aromatic N) is 1. The van der Waals surface area contributed by atoms with Crippen molar-refractivity contribution in [2.75, 3.05) is 33.5 Å². The topological polar surface area (TPSA) is 124 Å². The molecule has 0 unspecified atom stereocenters. The van der Waals surface area contributed by atoms with Crippen molar-refractivity contribution in [3.05, 3.63) is 58.1 Å². The second-order valence-electron chi connectivity index (χ2n) is 9.90. The number of carboxylic acid groups (broad SMARTS) is 1. The smallest absolute Gasteiger partial charge is 0.329 e. The van der Waals surface area contributed by atoms with Crippen molar-refractivity contribution in [2.24, 2.45) is 0 Å². The number of halogens is 1. The molecule has 0 aromatic heterocycles. The lowest BCUT2D eigenvalue weighted by atomic mass is 9.74. The summed E-state index contributed by atoms with van der Waals surface area (Å²) in [4.78, 5) is 39.7. The summed E-state index contributed by atoms with van der Waals surface area (Å²) < 4.78 is 22.8. The van der Waals surface area contributed by atoms with E-state index >= 15 is 0 Å². The molecular formula is C30H39ClN2O8. The van der Waals surface area contributed by atoms with Crippen LogP contribution in [0.15, 0.2) is 36.4 Å². The summed E-state index contributed by atoms with van der Waals surface area (Å²) in [5, 5.41) is 12.8. The van der Waals surface area contributed by atoms with E-state index in [1.54, 1.807) is 19.9 Å². The van der Waals surface area contributed by atoms with Gasteiger partial charge in [-0.2, -0.15) is 0 Å². The van der Waals surface area contributed by atoms with E-state index in [2.05, 4.69) is 5.32 Å². The second kappa shape index (κ2) is 14.5. The Kier molecular flexibility index (Phi) is 11.4. The molecule has 41 heavy (non-hydrogen) atoms. The molecule has 0 radical (unpaired) electrons. The van der Waals surface area contributed by atoms with Crippen LogP contribution < -0.4 is 14.8 Å². The quantitative estimate of drug-likeness (QED) is 0.269. The molecule has 1 fully saturated rings. The van der Waals surface area contributed by atoms with Crippen LogP contribution in [-0.2, 0) is 20.8 Å². The van der Waals surface area contributed by atoms with Gasteiger partial charge in [-0.3, -0.25) is 4.79 Å². The molecule has 0 saturated heterocycles. The Labute approximate surface area is 245 Å². The van der Waals surface area contributed by atoms with E-state index in [1.165, 1.54) is 18.9 Å². The molecular weight excluding hydrogens is 552 g/mol. The number of methoxy groups -OCH3 is 1. The SMILES string of the molecule is CCOc1cc(CN(CCO[C@@H](C)c2ccccc2)C(=O)NC2(C(=O)O)CC(OC)C2)c(Cl)c(OCC)c1C(C)=O. The second-order valence-corrected chi connectivity index (χ2v) is 10.3. The Balaban J connectivity index is 1.91. The number of carbonyl (C=O) groups excluding carboxylic acids is 2. The van der Waals surface area contributed by atoms with Gasteiger partial charge in [0.1, 0.15) is 16.9 Å². The highest BCUT2D eigenvalue weighted by atomic mass is 35.5. The lowest BCUT2D eigenvalue weighted by molar-refractivity contribution is -0.155. The maximum Gasteiger partial charge on any atom is 0.329 e. The molecule has 0 bridgehead atoms. The van der Waals surface area contributed by atoms with E-state index in [-0.39, 0.29) is 73.5 Å². The highest BCUT2D eigenvalue weighted by Crippen LogP contribution is 2.40. The number of urea groups is 1. The Morgan fingerprint density at radius 1 is 1.15 bits per heavy atom. The van der Waals surface area contributed by atoms with Crippen molar-refractivity contribution in [1.29, 1.82) is 0 Å². The zero-order valence-electron chi connectivity index (χ0n) is 24.2. The normalized spacial score (nSPS) is 18.6. The van der Waals surface area contributed by atoms with Gasteiger partial charge in [0.05, 0.1) is 37.1 Å². The van der Waals surface area contributed by atoms with Crippen LogP contribution >= 0.6 is 11.6 Å². The van der Waals surface area contributed by atoms with Crippen molar-refractivity contribution in [1.82, 2.24) is 10.2 Å². The van der Waals surface area contributed by atoms with Crippen LogP contribution in [0.2, 0.25) is 5.02 Å². The number of rotatable bonds is 15. The number of nitrogens with one attached hydrogen (secondary N) is 1. The molecule has 0 aliphatic heterocycles. The Hall–Kier alpha value is -3.34. The summed E-state index contributed by atoms with van der Waals surface area (Å²) in [5.74, 6) is -0.930. The zero-order valence-corrected chi connectivity index (χ0v) is 25.0.